The summed E-state index contributed by atoms with van der Waals surface area (Å²) in [5.41, 5.74) is 2.22. The van der Waals surface area contributed by atoms with Crippen molar-refractivity contribution in [1.29, 1.82) is 0 Å². The number of benzene rings is 2. The Hall–Kier alpha value is -3.41. The van der Waals surface area contributed by atoms with E-state index in [1.807, 2.05) is 19.1 Å². The molecule has 0 aliphatic carbocycles. The maximum absolute atomic E-state index is 13.0. The molecule has 5 nitrogen and oxygen atoms in total. The van der Waals surface area contributed by atoms with E-state index in [1.54, 1.807) is 36.4 Å². The van der Waals surface area contributed by atoms with Crippen LogP contribution in [0.15, 0.2) is 66.9 Å². The highest BCUT2D eigenvalue weighted by atomic mass is 19.1. The van der Waals surface area contributed by atoms with E-state index < -0.39 is 0 Å². The summed E-state index contributed by atoms with van der Waals surface area (Å²) in [7, 11) is 0. The summed E-state index contributed by atoms with van der Waals surface area (Å²) in [4.78, 5) is 16.6. The second kappa shape index (κ2) is 8.11. The van der Waals surface area contributed by atoms with Gasteiger partial charge in [0.1, 0.15) is 17.3 Å². The number of aromatic nitrogens is 1. The average Bonchev–Trinajstić information content (AvgIpc) is 2.66. The predicted molar refractivity (Wildman–Crippen MR) is 99.5 cm³/mol. The SMILES string of the molecule is CCOc1ccccc1NC(=O)c1cc(Nc2ccc(F)cc2)ccn1. The second-order valence-corrected chi connectivity index (χ2v) is 5.44. The lowest BCUT2D eigenvalue weighted by molar-refractivity contribution is 0.102. The summed E-state index contributed by atoms with van der Waals surface area (Å²) in [6, 6.07) is 16.5. The van der Waals surface area contributed by atoms with Gasteiger partial charge in [0.25, 0.3) is 5.91 Å². The van der Waals surface area contributed by atoms with E-state index in [0.717, 1.165) is 0 Å². The summed E-state index contributed by atoms with van der Waals surface area (Å²) in [5.74, 6) is -0.0536. The van der Waals surface area contributed by atoms with E-state index in [0.29, 0.717) is 29.4 Å². The van der Waals surface area contributed by atoms with E-state index in [9.17, 15) is 9.18 Å². The first kappa shape index (κ1) is 17.4. The number of para-hydroxylation sites is 2. The summed E-state index contributed by atoms with van der Waals surface area (Å²) in [5, 5.41) is 5.92. The highest BCUT2D eigenvalue weighted by Gasteiger charge is 2.11. The first-order valence-electron chi connectivity index (χ1n) is 8.17. The molecule has 0 aliphatic heterocycles. The molecule has 1 amide bonds. The minimum absolute atomic E-state index is 0.253. The molecule has 2 aromatic carbocycles. The van der Waals surface area contributed by atoms with Crippen LogP contribution in [0.5, 0.6) is 5.75 Å². The molecule has 132 valence electrons. The number of anilines is 3. The van der Waals surface area contributed by atoms with Gasteiger partial charge in [-0.3, -0.25) is 9.78 Å². The van der Waals surface area contributed by atoms with Gasteiger partial charge in [0.2, 0.25) is 0 Å². The second-order valence-electron chi connectivity index (χ2n) is 5.44. The number of rotatable bonds is 6. The smallest absolute Gasteiger partial charge is 0.274 e. The zero-order valence-electron chi connectivity index (χ0n) is 14.2. The van der Waals surface area contributed by atoms with Crippen LogP contribution in [-0.2, 0) is 0 Å². The molecule has 0 saturated carbocycles. The normalized spacial score (nSPS) is 10.2. The van der Waals surface area contributed by atoms with Crippen LogP contribution < -0.4 is 15.4 Å². The van der Waals surface area contributed by atoms with Gasteiger partial charge in [0.05, 0.1) is 12.3 Å². The van der Waals surface area contributed by atoms with Crippen molar-refractivity contribution in [3.63, 3.8) is 0 Å². The third kappa shape index (κ3) is 4.36. The molecule has 0 atom stereocenters. The van der Waals surface area contributed by atoms with E-state index >= 15 is 0 Å². The highest BCUT2D eigenvalue weighted by Crippen LogP contribution is 2.24. The number of pyridine rings is 1. The van der Waals surface area contributed by atoms with Crippen molar-refractivity contribution in [2.45, 2.75) is 6.92 Å². The van der Waals surface area contributed by atoms with Crippen molar-refractivity contribution in [2.75, 3.05) is 17.2 Å². The fourth-order valence-corrected chi connectivity index (χ4v) is 2.37. The van der Waals surface area contributed by atoms with Crippen molar-refractivity contribution < 1.29 is 13.9 Å². The number of amides is 1. The zero-order valence-corrected chi connectivity index (χ0v) is 14.2. The van der Waals surface area contributed by atoms with Crippen LogP contribution in [0.25, 0.3) is 0 Å². The molecular formula is C20H18FN3O2. The highest BCUT2D eigenvalue weighted by molar-refractivity contribution is 6.04. The topological polar surface area (TPSA) is 63.2 Å². The Morgan fingerprint density at radius 1 is 1.08 bits per heavy atom. The van der Waals surface area contributed by atoms with Crippen molar-refractivity contribution in [2.24, 2.45) is 0 Å². The third-order valence-corrected chi connectivity index (χ3v) is 3.56. The molecule has 1 aromatic heterocycles. The number of nitrogens with zero attached hydrogens (tertiary/aromatic N) is 1. The number of nitrogens with one attached hydrogen (secondary N) is 2. The molecule has 2 N–H and O–H groups in total. The Morgan fingerprint density at radius 2 is 1.85 bits per heavy atom. The largest absolute Gasteiger partial charge is 0.492 e. The number of carbonyl (C=O) groups is 1. The zero-order chi connectivity index (χ0) is 18.4. The lowest BCUT2D eigenvalue weighted by Gasteiger charge is -2.11. The first-order valence-corrected chi connectivity index (χ1v) is 8.17. The molecule has 0 saturated heterocycles. The van der Waals surface area contributed by atoms with Crippen LogP contribution in [0.1, 0.15) is 17.4 Å². The molecule has 1 heterocycles. The Balaban J connectivity index is 1.75. The van der Waals surface area contributed by atoms with E-state index in [2.05, 4.69) is 15.6 Å². The lowest BCUT2D eigenvalue weighted by Crippen LogP contribution is -2.14. The third-order valence-electron chi connectivity index (χ3n) is 3.56. The molecule has 3 aromatic rings. The first-order chi connectivity index (χ1) is 12.7. The van der Waals surface area contributed by atoms with Crippen LogP contribution in [0.2, 0.25) is 0 Å². The van der Waals surface area contributed by atoms with Gasteiger partial charge in [0, 0.05) is 17.6 Å². The molecular weight excluding hydrogens is 333 g/mol. The Bertz CT molecular complexity index is 898. The number of hydrogen-bond donors (Lipinski definition) is 2. The van der Waals surface area contributed by atoms with Gasteiger partial charge in [-0.05, 0) is 55.5 Å². The fraction of sp³-hybridized carbons (Fsp3) is 0.100. The van der Waals surface area contributed by atoms with Crippen molar-refractivity contribution in [3.05, 3.63) is 78.4 Å². The maximum Gasteiger partial charge on any atom is 0.274 e. The number of hydrogen-bond acceptors (Lipinski definition) is 4. The predicted octanol–water partition coefficient (Wildman–Crippen LogP) is 4.62. The molecule has 0 bridgehead atoms. The van der Waals surface area contributed by atoms with Crippen molar-refractivity contribution >= 4 is 23.0 Å². The maximum atomic E-state index is 13.0. The van der Waals surface area contributed by atoms with Crippen LogP contribution >= 0.6 is 0 Å². The Morgan fingerprint density at radius 3 is 2.62 bits per heavy atom. The van der Waals surface area contributed by atoms with Crippen molar-refractivity contribution in [1.82, 2.24) is 4.98 Å². The lowest BCUT2D eigenvalue weighted by atomic mass is 10.2. The summed E-state index contributed by atoms with van der Waals surface area (Å²) >= 11 is 0. The van der Waals surface area contributed by atoms with Gasteiger partial charge >= 0.3 is 0 Å². The Kier molecular flexibility index (Phi) is 5.43. The number of ether oxygens (including phenoxy) is 1. The molecule has 0 fully saturated rings. The van der Waals surface area contributed by atoms with E-state index in [4.69, 9.17) is 4.74 Å². The minimum Gasteiger partial charge on any atom is -0.492 e. The molecule has 0 radical (unpaired) electrons. The monoisotopic (exact) mass is 351 g/mol. The van der Waals surface area contributed by atoms with Gasteiger partial charge in [-0.25, -0.2) is 4.39 Å². The molecule has 0 unspecified atom stereocenters. The number of halogens is 1. The summed E-state index contributed by atoms with van der Waals surface area (Å²) in [6.07, 6.45) is 1.54. The van der Waals surface area contributed by atoms with Gasteiger partial charge in [-0.15, -0.1) is 0 Å². The van der Waals surface area contributed by atoms with Crippen LogP contribution in [0, 0.1) is 5.82 Å². The molecule has 26 heavy (non-hydrogen) atoms. The molecule has 0 spiro atoms. The Labute approximate surface area is 150 Å². The van der Waals surface area contributed by atoms with Gasteiger partial charge in [0.15, 0.2) is 0 Å². The fourth-order valence-electron chi connectivity index (χ4n) is 2.37. The quantitative estimate of drug-likeness (QED) is 0.680. The minimum atomic E-state index is -0.347. The standard InChI is InChI=1S/C20H18FN3O2/c1-2-26-19-6-4-3-5-17(19)24-20(25)18-13-16(11-12-22-18)23-15-9-7-14(21)8-10-15/h3-13H,2H2,1H3,(H,22,23)(H,24,25). The van der Waals surface area contributed by atoms with Crippen LogP contribution in [0.3, 0.4) is 0 Å². The molecule has 6 heteroatoms. The van der Waals surface area contributed by atoms with Gasteiger partial charge < -0.3 is 15.4 Å². The van der Waals surface area contributed by atoms with E-state index in [-0.39, 0.29) is 17.4 Å². The van der Waals surface area contributed by atoms with Gasteiger partial charge in [-0.2, -0.15) is 0 Å². The van der Waals surface area contributed by atoms with E-state index in [1.165, 1.54) is 18.3 Å². The molecule has 3 rings (SSSR count). The molecule has 0 aliphatic rings. The van der Waals surface area contributed by atoms with Gasteiger partial charge in [-0.1, -0.05) is 12.1 Å². The van der Waals surface area contributed by atoms with Crippen LogP contribution in [-0.4, -0.2) is 17.5 Å². The summed E-state index contributed by atoms with van der Waals surface area (Å²) < 4.78 is 18.5. The average molecular weight is 351 g/mol. The van der Waals surface area contributed by atoms with Crippen molar-refractivity contribution in [3.8, 4) is 5.75 Å². The summed E-state index contributed by atoms with van der Waals surface area (Å²) in [6.45, 7) is 2.38. The number of carbonyl (C=O) groups excluding carboxylic acids is 1. The van der Waals surface area contributed by atoms with Crippen LogP contribution in [0.4, 0.5) is 21.5 Å².